The summed E-state index contributed by atoms with van der Waals surface area (Å²) in [7, 11) is 0. The maximum absolute atomic E-state index is 10.6. The molecule has 0 amide bonds. The lowest BCUT2D eigenvalue weighted by Crippen LogP contribution is -2.39. The van der Waals surface area contributed by atoms with Crippen molar-refractivity contribution in [2.45, 2.75) is 80.4 Å². The third-order valence-corrected chi connectivity index (χ3v) is 5.47. The second kappa shape index (κ2) is 16.7. The highest BCUT2D eigenvalue weighted by Gasteiger charge is 2.25. The van der Waals surface area contributed by atoms with Gasteiger partial charge in [-0.05, 0) is 38.5 Å². The Morgan fingerprint density at radius 1 is 0.971 bits per heavy atom. The lowest BCUT2D eigenvalue weighted by atomic mass is 9.96. The number of aliphatic imine (C=N–C) groups is 2. The summed E-state index contributed by atoms with van der Waals surface area (Å²) in [6.45, 7) is 23.9. The van der Waals surface area contributed by atoms with Gasteiger partial charge in [0.05, 0.1) is 52.2 Å². The summed E-state index contributed by atoms with van der Waals surface area (Å²) in [5.74, 6) is 1.24. The predicted molar refractivity (Wildman–Crippen MR) is 142 cm³/mol. The topological polar surface area (TPSA) is 79.2 Å². The van der Waals surface area contributed by atoms with E-state index in [1.165, 1.54) is 11.4 Å². The molecular formula is C27H53N3O4. The molecule has 1 N–H and O–H groups in total. The summed E-state index contributed by atoms with van der Waals surface area (Å²) in [5, 5.41) is 10.6. The van der Waals surface area contributed by atoms with Crippen LogP contribution in [0.15, 0.2) is 9.98 Å². The van der Waals surface area contributed by atoms with E-state index in [4.69, 9.17) is 24.2 Å². The van der Waals surface area contributed by atoms with Gasteiger partial charge in [0.15, 0.2) is 0 Å². The fourth-order valence-corrected chi connectivity index (χ4v) is 3.86. The van der Waals surface area contributed by atoms with Crippen LogP contribution in [0.4, 0.5) is 0 Å². The molecular weight excluding hydrogens is 430 g/mol. The van der Waals surface area contributed by atoms with Crippen LogP contribution in [-0.4, -0.2) is 99.4 Å². The van der Waals surface area contributed by atoms with E-state index in [-0.39, 0.29) is 11.5 Å². The van der Waals surface area contributed by atoms with Gasteiger partial charge in [0.2, 0.25) is 0 Å². The zero-order valence-electron chi connectivity index (χ0n) is 23.3. The molecule has 0 saturated carbocycles. The molecule has 1 heterocycles. The Labute approximate surface area is 209 Å². The number of aliphatic hydroxyl groups excluding tert-OH is 1. The summed E-state index contributed by atoms with van der Waals surface area (Å²) in [4.78, 5) is 11.7. The molecule has 0 aromatic heterocycles. The number of aliphatic hydroxyl groups is 1. The Morgan fingerprint density at radius 2 is 1.47 bits per heavy atom. The summed E-state index contributed by atoms with van der Waals surface area (Å²) in [6, 6.07) is 0. The molecule has 0 aromatic rings. The monoisotopic (exact) mass is 483 g/mol. The summed E-state index contributed by atoms with van der Waals surface area (Å²) >= 11 is 0. The highest BCUT2D eigenvalue weighted by molar-refractivity contribution is 5.82. The molecule has 200 valence electrons. The SMILES string of the molecule is C/C(CC(C)C)=N\CCN(CC/N=C(\C)CC(C)C)CC(O)COCC(C)(C)COCC1CO1. The lowest BCUT2D eigenvalue weighted by Gasteiger charge is -2.27. The molecule has 2 unspecified atom stereocenters. The molecule has 1 rings (SSSR count). The fourth-order valence-electron chi connectivity index (χ4n) is 3.86. The van der Waals surface area contributed by atoms with E-state index >= 15 is 0 Å². The fraction of sp³-hybridized carbons (Fsp3) is 0.926. The molecule has 1 aliphatic heterocycles. The second-order valence-corrected chi connectivity index (χ2v) is 11.5. The molecule has 1 fully saturated rings. The van der Waals surface area contributed by atoms with Gasteiger partial charge in [-0.3, -0.25) is 14.9 Å². The summed E-state index contributed by atoms with van der Waals surface area (Å²) in [6.07, 6.45) is 1.80. The largest absolute Gasteiger partial charge is 0.389 e. The predicted octanol–water partition coefficient (Wildman–Crippen LogP) is 4.12. The number of epoxide rings is 1. The van der Waals surface area contributed by atoms with Crippen LogP contribution < -0.4 is 0 Å². The molecule has 1 saturated heterocycles. The number of hydrogen-bond donors (Lipinski definition) is 1. The van der Waals surface area contributed by atoms with Crippen molar-refractivity contribution in [3.8, 4) is 0 Å². The van der Waals surface area contributed by atoms with Crippen molar-refractivity contribution >= 4 is 11.4 Å². The maximum Gasteiger partial charge on any atom is 0.104 e. The zero-order chi connectivity index (χ0) is 25.6. The van der Waals surface area contributed by atoms with Crippen molar-refractivity contribution in [2.75, 3.05) is 65.8 Å². The highest BCUT2D eigenvalue weighted by atomic mass is 16.6. The number of ether oxygens (including phenoxy) is 3. The van der Waals surface area contributed by atoms with Crippen molar-refractivity contribution in [3.05, 3.63) is 0 Å². The molecule has 2 atom stereocenters. The molecule has 7 nitrogen and oxygen atoms in total. The van der Waals surface area contributed by atoms with E-state index in [2.05, 4.69) is 60.3 Å². The molecule has 0 radical (unpaired) electrons. The van der Waals surface area contributed by atoms with Gasteiger partial charge in [0.1, 0.15) is 6.10 Å². The van der Waals surface area contributed by atoms with Crippen LogP contribution >= 0.6 is 0 Å². The molecule has 0 spiro atoms. The Kier molecular flexibility index (Phi) is 15.4. The molecule has 7 heteroatoms. The van der Waals surface area contributed by atoms with Crippen LogP contribution in [0.25, 0.3) is 0 Å². The third kappa shape index (κ3) is 17.6. The van der Waals surface area contributed by atoms with Gasteiger partial charge in [-0.25, -0.2) is 0 Å². The minimum absolute atomic E-state index is 0.0976. The van der Waals surface area contributed by atoms with Gasteiger partial charge < -0.3 is 19.3 Å². The van der Waals surface area contributed by atoms with E-state index in [1.54, 1.807) is 0 Å². The van der Waals surface area contributed by atoms with E-state index in [9.17, 15) is 5.11 Å². The van der Waals surface area contributed by atoms with Crippen LogP contribution in [0.5, 0.6) is 0 Å². The van der Waals surface area contributed by atoms with Gasteiger partial charge in [0.25, 0.3) is 0 Å². The second-order valence-electron chi connectivity index (χ2n) is 11.5. The average Bonchev–Trinajstić information content (AvgIpc) is 3.50. The normalized spacial score (nSPS) is 18.4. The van der Waals surface area contributed by atoms with E-state index in [1.807, 2.05) is 0 Å². The van der Waals surface area contributed by atoms with E-state index in [0.717, 1.165) is 45.6 Å². The summed E-state index contributed by atoms with van der Waals surface area (Å²) < 4.78 is 16.8. The minimum Gasteiger partial charge on any atom is -0.389 e. The van der Waals surface area contributed by atoms with Crippen LogP contribution in [0, 0.1) is 17.3 Å². The van der Waals surface area contributed by atoms with Crippen LogP contribution in [0.1, 0.15) is 68.2 Å². The van der Waals surface area contributed by atoms with Gasteiger partial charge in [-0.15, -0.1) is 0 Å². The molecule has 34 heavy (non-hydrogen) atoms. The van der Waals surface area contributed by atoms with Gasteiger partial charge >= 0.3 is 0 Å². The van der Waals surface area contributed by atoms with Crippen LogP contribution in [0.2, 0.25) is 0 Å². The van der Waals surface area contributed by atoms with Gasteiger partial charge in [0, 0.05) is 36.5 Å². The Bertz CT molecular complexity index is 571. The molecule has 0 aromatic carbocycles. The van der Waals surface area contributed by atoms with Crippen molar-refractivity contribution in [1.82, 2.24) is 4.90 Å². The first-order chi connectivity index (χ1) is 16.0. The zero-order valence-corrected chi connectivity index (χ0v) is 23.3. The third-order valence-electron chi connectivity index (χ3n) is 5.47. The van der Waals surface area contributed by atoms with Gasteiger partial charge in [-0.1, -0.05) is 41.5 Å². The lowest BCUT2D eigenvalue weighted by molar-refractivity contribution is -0.0377. The summed E-state index contributed by atoms with van der Waals surface area (Å²) in [5.41, 5.74) is 2.30. The van der Waals surface area contributed by atoms with Crippen molar-refractivity contribution in [3.63, 3.8) is 0 Å². The number of rotatable bonds is 20. The van der Waals surface area contributed by atoms with Crippen molar-refractivity contribution < 1.29 is 19.3 Å². The van der Waals surface area contributed by atoms with E-state index < -0.39 is 6.10 Å². The van der Waals surface area contributed by atoms with Crippen molar-refractivity contribution in [2.24, 2.45) is 27.2 Å². The van der Waals surface area contributed by atoms with Gasteiger partial charge in [-0.2, -0.15) is 0 Å². The Morgan fingerprint density at radius 3 is 1.94 bits per heavy atom. The highest BCUT2D eigenvalue weighted by Crippen LogP contribution is 2.18. The molecule has 0 bridgehead atoms. The van der Waals surface area contributed by atoms with Crippen molar-refractivity contribution in [1.29, 1.82) is 0 Å². The average molecular weight is 484 g/mol. The van der Waals surface area contributed by atoms with Crippen LogP contribution in [-0.2, 0) is 14.2 Å². The Balaban J connectivity index is 2.46. The minimum atomic E-state index is -0.543. The number of nitrogens with zero attached hydrogens (tertiary/aromatic N) is 3. The maximum atomic E-state index is 10.6. The molecule has 0 aliphatic carbocycles. The van der Waals surface area contributed by atoms with E-state index in [0.29, 0.717) is 44.8 Å². The molecule has 1 aliphatic rings. The smallest absolute Gasteiger partial charge is 0.104 e. The first kappa shape index (κ1) is 31.2. The first-order valence-electron chi connectivity index (χ1n) is 13.1. The quantitative estimate of drug-likeness (QED) is 0.208. The van der Waals surface area contributed by atoms with Crippen LogP contribution in [0.3, 0.4) is 0 Å². The first-order valence-corrected chi connectivity index (χ1v) is 13.1. The standard InChI is InChI=1S/C27H53N3O4/c1-21(2)13-23(5)28-9-11-30(12-10-29-24(6)14-22(3)4)15-25(31)16-32-19-27(7,8)20-33-17-26-18-34-26/h21-22,25-26,31H,9-20H2,1-8H3/b28-23+,29-24+. The number of hydrogen-bond acceptors (Lipinski definition) is 7. The Hall–Kier alpha value is -0.860.